The Kier molecular flexibility index (Phi) is 4.88. The average molecular weight is 378 g/mol. The lowest BCUT2D eigenvalue weighted by Gasteiger charge is -2.35. The molecule has 0 bridgehead atoms. The molecule has 2 amide bonds. The SMILES string of the molecule is Cc1cccc(N2CCN(C(=O)Nc3cc(-n4cnnn4)ccc3C)CC2)n1. The van der Waals surface area contributed by atoms with E-state index in [9.17, 15) is 4.79 Å². The van der Waals surface area contributed by atoms with Crippen LogP contribution in [-0.2, 0) is 0 Å². The lowest BCUT2D eigenvalue weighted by atomic mass is 10.2. The summed E-state index contributed by atoms with van der Waals surface area (Å²) in [4.78, 5) is 21.4. The standard InChI is InChI=1S/C19H22N8O/c1-14-6-7-16(27-13-20-23-24-27)12-17(14)22-19(28)26-10-8-25(9-11-26)18-5-3-4-15(2)21-18/h3-7,12-13H,8-11H2,1-2H3,(H,22,28). The molecule has 1 fully saturated rings. The number of urea groups is 1. The fraction of sp³-hybridized carbons (Fsp3) is 0.316. The average Bonchev–Trinajstić information content (AvgIpc) is 3.24. The first kappa shape index (κ1) is 17.9. The maximum Gasteiger partial charge on any atom is 0.321 e. The summed E-state index contributed by atoms with van der Waals surface area (Å²) in [7, 11) is 0. The van der Waals surface area contributed by atoms with E-state index in [4.69, 9.17) is 0 Å². The van der Waals surface area contributed by atoms with Crippen molar-refractivity contribution in [1.82, 2.24) is 30.1 Å². The van der Waals surface area contributed by atoms with Crippen LogP contribution < -0.4 is 10.2 Å². The number of pyridine rings is 1. The Morgan fingerprint density at radius 2 is 1.89 bits per heavy atom. The number of hydrogen-bond donors (Lipinski definition) is 1. The fourth-order valence-electron chi connectivity index (χ4n) is 3.20. The molecule has 0 unspecified atom stereocenters. The van der Waals surface area contributed by atoms with Crippen LogP contribution in [-0.4, -0.2) is 62.3 Å². The third-order valence-corrected chi connectivity index (χ3v) is 4.84. The molecule has 1 aliphatic rings. The molecular formula is C19H22N8O. The Labute approximate surface area is 163 Å². The van der Waals surface area contributed by atoms with Crippen molar-refractivity contribution < 1.29 is 4.79 Å². The number of carbonyl (C=O) groups is 1. The molecule has 3 heterocycles. The molecule has 1 aromatic carbocycles. The largest absolute Gasteiger partial charge is 0.353 e. The minimum absolute atomic E-state index is 0.103. The van der Waals surface area contributed by atoms with Gasteiger partial charge in [0.2, 0.25) is 0 Å². The molecule has 0 spiro atoms. The van der Waals surface area contributed by atoms with Gasteiger partial charge in [-0.05, 0) is 54.1 Å². The number of benzene rings is 1. The molecule has 1 N–H and O–H groups in total. The van der Waals surface area contributed by atoms with E-state index in [1.54, 1.807) is 4.68 Å². The highest BCUT2D eigenvalue weighted by atomic mass is 16.2. The first-order valence-electron chi connectivity index (χ1n) is 9.19. The van der Waals surface area contributed by atoms with Crippen LogP contribution in [0.5, 0.6) is 0 Å². The van der Waals surface area contributed by atoms with Crippen LogP contribution in [0.15, 0.2) is 42.7 Å². The second kappa shape index (κ2) is 7.63. The quantitative estimate of drug-likeness (QED) is 0.750. The Bertz CT molecular complexity index is 964. The number of carbonyl (C=O) groups excluding carboxylic acids is 1. The summed E-state index contributed by atoms with van der Waals surface area (Å²) < 4.78 is 1.56. The summed E-state index contributed by atoms with van der Waals surface area (Å²) in [6.45, 7) is 6.75. The van der Waals surface area contributed by atoms with Crippen molar-refractivity contribution in [3.63, 3.8) is 0 Å². The number of rotatable bonds is 3. The number of anilines is 2. The molecule has 28 heavy (non-hydrogen) atoms. The summed E-state index contributed by atoms with van der Waals surface area (Å²) in [5.41, 5.74) is 3.52. The number of hydrogen-bond acceptors (Lipinski definition) is 6. The fourth-order valence-corrected chi connectivity index (χ4v) is 3.20. The van der Waals surface area contributed by atoms with E-state index in [0.717, 1.165) is 41.5 Å². The van der Waals surface area contributed by atoms with Gasteiger partial charge in [0.05, 0.1) is 5.69 Å². The Balaban J connectivity index is 1.40. The summed E-state index contributed by atoms with van der Waals surface area (Å²) in [6.07, 6.45) is 1.52. The van der Waals surface area contributed by atoms with Crippen LogP contribution in [0, 0.1) is 13.8 Å². The lowest BCUT2D eigenvalue weighted by Crippen LogP contribution is -2.50. The van der Waals surface area contributed by atoms with Crippen molar-refractivity contribution in [2.24, 2.45) is 0 Å². The summed E-state index contributed by atoms with van der Waals surface area (Å²) in [5, 5.41) is 14.2. The van der Waals surface area contributed by atoms with Gasteiger partial charge in [-0.25, -0.2) is 14.5 Å². The smallest absolute Gasteiger partial charge is 0.321 e. The Hall–Kier alpha value is -3.49. The zero-order chi connectivity index (χ0) is 19.5. The first-order valence-corrected chi connectivity index (χ1v) is 9.19. The highest BCUT2D eigenvalue weighted by Crippen LogP contribution is 2.20. The second-order valence-corrected chi connectivity index (χ2v) is 6.80. The van der Waals surface area contributed by atoms with Gasteiger partial charge in [0.25, 0.3) is 0 Å². The van der Waals surface area contributed by atoms with Gasteiger partial charge >= 0.3 is 6.03 Å². The zero-order valence-corrected chi connectivity index (χ0v) is 15.9. The molecule has 9 nitrogen and oxygen atoms in total. The zero-order valence-electron chi connectivity index (χ0n) is 15.9. The molecular weight excluding hydrogens is 356 g/mol. The van der Waals surface area contributed by atoms with Crippen molar-refractivity contribution in [2.45, 2.75) is 13.8 Å². The molecule has 1 saturated heterocycles. The Morgan fingerprint density at radius 1 is 1.07 bits per heavy atom. The van der Waals surface area contributed by atoms with Crippen molar-refractivity contribution in [2.75, 3.05) is 36.4 Å². The van der Waals surface area contributed by atoms with Gasteiger partial charge in [0, 0.05) is 37.6 Å². The summed E-state index contributed by atoms with van der Waals surface area (Å²) in [5.74, 6) is 0.963. The highest BCUT2D eigenvalue weighted by molar-refractivity contribution is 5.90. The number of nitrogens with zero attached hydrogens (tertiary/aromatic N) is 7. The van der Waals surface area contributed by atoms with Crippen LogP contribution in [0.4, 0.5) is 16.3 Å². The topological polar surface area (TPSA) is 92.1 Å². The monoisotopic (exact) mass is 378 g/mol. The molecule has 2 aromatic heterocycles. The maximum atomic E-state index is 12.7. The molecule has 0 aliphatic carbocycles. The summed E-state index contributed by atoms with van der Waals surface area (Å²) in [6, 6.07) is 11.6. The van der Waals surface area contributed by atoms with Crippen molar-refractivity contribution in [3.05, 3.63) is 54.0 Å². The number of aromatic nitrogens is 5. The van der Waals surface area contributed by atoms with Crippen LogP contribution in [0.1, 0.15) is 11.3 Å². The number of aryl methyl sites for hydroxylation is 2. The predicted octanol–water partition coefficient (Wildman–Crippen LogP) is 2.03. The van der Waals surface area contributed by atoms with E-state index in [0.29, 0.717) is 13.1 Å². The van der Waals surface area contributed by atoms with Gasteiger partial charge < -0.3 is 15.1 Å². The second-order valence-electron chi connectivity index (χ2n) is 6.80. The van der Waals surface area contributed by atoms with E-state index in [1.807, 2.05) is 55.1 Å². The van der Waals surface area contributed by atoms with Crippen molar-refractivity contribution in [3.8, 4) is 5.69 Å². The summed E-state index contributed by atoms with van der Waals surface area (Å²) >= 11 is 0. The van der Waals surface area contributed by atoms with Crippen LogP contribution in [0.25, 0.3) is 5.69 Å². The van der Waals surface area contributed by atoms with Crippen LogP contribution in [0.2, 0.25) is 0 Å². The number of amides is 2. The minimum Gasteiger partial charge on any atom is -0.353 e. The molecule has 9 heteroatoms. The van der Waals surface area contributed by atoms with E-state index < -0.39 is 0 Å². The van der Waals surface area contributed by atoms with Gasteiger partial charge in [-0.1, -0.05) is 12.1 Å². The van der Waals surface area contributed by atoms with Gasteiger partial charge in [-0.2, -0.15) is 0 Å². The highest BCUT2D eigenvalue weighted by Gasteiger charge is 2.22. The molecule has 0 saturated carbocycles. The predicted molar refractivity (Wildman–Crippen MR) is 106 cm³/mol. The van der Waals surface area contributed by atoms with Crippen LogP contribution in [0.3, 0.4) is 0 Å². The molecule has 0 atom stereocenters. The number of piperazine rings is 1. The molecule has 1 aliphatic heterocycles. The van der Waals surface area contributed by atoms with Crippen molar-refractivity contribution >= 4 is 17.5 Å². The molecule has 3 aromatic rings. The molecule has 144 valence electrons. The maximum absolute atomic E-state index is 12.7. The third-order valence-electron chi connectivity index (χ3n) is 4.84. The van der Waals surface area contributed by atoms with E-state index in [1.165, 1.54) is 6.33 Å². The van der Waals surface area contributed by atoms with Gasteiger partial charge in [-0.3, -0.25) is 0 Å². The third kappa shape index (κ3) is 3.78. The lowest BCUT2D eigenvalue weighted by molar-refractivity contribution is 0.208. The van der Waals surface area contributed by atoms with Crippen molar-refractivity contribution in [1.29, 1.82) is 0 Å². The molecule has 0 radical (unpaired) electrons. The van der Waals surface area contributed by atoms with E-state index >= 15 is 0 Å². The van der Waals surface area contributed by atoms with Crippen LogP contribution >= 0.6 is 0 Å². The van der Waals surface area contributed by atoms with Gasteiger partial charge in [0.1, 0.15) is 12.1 Å². The molecule has 4 rings (SSSR count). The van der Waals surface area contributed by atoms with Gasteiger partial charge in [0.15, 0.2) is 0 Å². The Morgan fingerprint density at radius 3 is 2.61 bits per heavy atom. The first-order chi connectivity index (χ1) is 13.6. The van der Waals surface area contributed by atoms with E-state index in [2.05, 4.69) is 30.7 Å². The minimum atomic E-state index is -0.103. The normalized spacial score (nSPS) is 14.2. The van der Waals surface area contributed by atoms with Gasteiger partial charge in [-0.15, -0.1) is 5.10 Å². The number of tetrazole rings is 1. The number of nitrogens with one attached hydrogen (secondary N) is 1. The van der Waals surface area contributed by atoms with E-state index in [-0.39, 0.29) is 6.03 Å².